The summed E-state index contributed by atoms with van der Waals surface area (Å²) in [4.78, 5) is 11.2. The summed E-state index contributed by atoms with van der Waals surface area (Å²) in [6.07, 6.45) is 7.58. The molecule has 25 heavy (non-hydrogen) atoms. The molecule has 0 bridgehead atoms. The highest BCUT2D eigenvalue weighted by Crippen LogP contribution is 2.15. The molecular formula is C22H26O3. The highest BCUT2D eigenvalue weighted by molar-refractivity contribution is 5.69. The largest absolute Gasteiger partial charge is 0.489 e. The van der Waals surface area contributed by atoms with Crippen LogP contribution < -0.4 is 4.74 Å². The second kappa shape index (κ2) is 11.1. The van der Waals surface area contributed by atoms with Gasteiger partial charge in [0.15, 0.2) is 0 Å². The number of rotatable bonds is 10. The third-order valence-electron chi connectivity index (χ3n) is 3.75. The Labute approximate surface area is 150 Å². The number of carbonyl (C=O) groups excluding carboxylic acids is 1. The molecule has 0 unspecified atom stereocenters. The van der Waals surface area contributed by atoms with Crippen molar-refractivity contribution < 1.29 is 14.3 Å². The molecule has 0 aliphatic heterocycles. The normalized spacial score (nSPS) is 10.8. The van der Waals surface area contributed by atoms with E-state index in [0.29, 0.717) is 19.6 Å². The summed E-state index contributed by atoms with van der Waals surface area (Å²) in [6.45, 7) is 2.87. The average molecular weight is 338 g/mol. The highest BCUT2D eigenvalue weighted by Gasteiger charge is 1.99. The fourth-order valence-electron chi connectivity index (χ4n) is 2.40. The van der Waals surface area contributed by atoms with E-state index in [2.05, 4.69) is 36.4 Å². The van der Waals surface area contributed by atoms with Gasteiger partial charge in [0.1, 0.15) is 12.4 Å². The third-order valence-corrected chi connectivity index (χ3v) is 3.75. The van der Waals surface area contributed by atoms with E-state index in [1.807, 2.05) is 37.3 Å². The molecule has 0 N–H and O–H groups in total. The Balaban J connectivity index is 1.66. The van der Waals surface area contributed by atoms with Crippen molar-refractivity contribution in [2.45, 2.75) is 39.2 Å². The quantitative estimate of drug-likeness (QED) is 0.430. The van der Waals surface area contributed by atoms with Gasteiger partial charge < -0.3 is 9.47 Å². The van der Waals surface area contributed by atoms with Gasteiger partial charge in [-0.05, 0) is 49.4 Å². The van der Waals surface area contributed by atoms with E-state index in [4.69, 9.17) is 9.47 Å². The minimum absolute atomic E-state index is 0.0995. The van der Waals surface area contributed by atoms with Crippen molar-refractivity contribution in [1.82, 2.24) is 0 Å². The van der Waals surface area contributed by atoms with Crippen LogP contribution in [0.15, 0.2) is 60.7 Å². The van der Waals surface area contributed by atoms with Crippen LogP contribution in [0.1, 0.15) is 43.7 Å². The van der Waals surface area contributed by atoms with Gasteiger partial charge in [-0.3, -0.25) is 4.79 Å². The predicted octanol–water partition coefficient (Wildman–Crippen LogP) is 5.40. The first-order chi connectivity index (χ1) is 12.3. The van der Waals surface area contributed by atoms with Crippen LogP contribution in [0.3, 0.4) is 0 Å². The maximum Gasteiger partial charge on any atom is 0.305 e. The smallest absolute Gasteiger partial charge is 0.305 e. The third kappa shape index (κ3) is 7.71. The Bertz CT molecular complexity index is 645. The van der Waals surface area contributed by atoms with E-state index in [9.17, 15) is 4.79 Å². The predicted molar refractivity (Wildman–Crippen MR) is 101 cm³/mol. The SMILES string of the molecule is CCOC(=O)CCCCC=Cc1ccc(OCc2ccccc2)cc1. The van der Waals surface area contributed by atoms with Gasteiger partial charge in [0.25, 0.3) is 0 Å². The second-order valence-electron chi connectivity index (χ2n) is 5.80. The van der Waals surface area contributed by atoms with Gasteiger partial charge in [-0.25, -0.2) is 0 Å². The average Bonchev–Trinajstić information content (AvgIpc) is 2.65. The summed E-state index contributed by atoms with van der Waals surface area (Å²) in [5.74, 6) is 0.771. The minimum atomic E-state index is -0.0995. The molecule has 0 fully saturated rings. The zero-order valence-electron chi connectivity index (χ0n) is 14.8. The van der Waals surface area contributed by atoms with Crippen LogP contribution >= 0.6 is 0 Å². The van der Waals surface area contributed by atoms with Crippen molar-refractivity contribution in [3.8, 4) is 5.75 Å². The topological polar surface area (TPSA) is 35.5 Å². The maximum atomic E-state index is 11.2. The molecule has 132 valence electrons. The van der Waals surface area contributed by atoms with Gasteiger partial charge in [0.2, 0.25) is 0 Å². The molecule has 0 heterocycles. The van der Waals surface area contributed by atoms with Gasteiger partial charge >= 0.3 is 5.97 Å². The molecule has 0 aliphatic rings. The monoisotopic (exact) mass is 338 g/mol. The van der Waals surface area contributed by atoms with Gasteiger partial charge in [0.05, 0.1) is 6.61 Å². The fraction of sp³-hybridized carbons (Fsp3) is 0.318. The number of carbonyl (C=O) groups is 1. The van der Waals surface area contributed by atoms with Crippen LogP contribution in [0.25, 0.3) is 6.08 Å². The lowest BCUT2D eigenvalue weighted by Gasteiger charge is -2.06. The number of allylic oxidation sites excluding steroid dienone is 1. The number of esters is 1. The summed E-state index contributed by atoms with van der Waals surface area (Å²) in [5.41, 5.74) is 2.31. The number of ether oxygens (including phenoxy) is 2. The van der Waals surface area contributed by atoms with Crippen molar-refractivity contribution in [2.75, 3.05) is 6.61 Å². The van der Waals surface area contributed by atoms with Gasteiger partial charge in [-0.1, -0.05) is 54.6 Å². The Hall–Kier alpha value is -2.55. The second-order valence-corrected chi connectivity index (χ2v) is 5.80. The van der Waals surface area contributed by atoms with E-state index in [-0.39, 0.29) is 5.97 Å². The van der Waals surface area contributed by atoms with E-state index < -0.39 is 0 Å². The molecule has 3 nitrogen and oxygen atoms in total. The molecule has 0 aliphatic carbocycles. The number of hydrogen-bond donors (Lipinski definition) is 0. The Morgan fingerprint density at radius 1 is 1.00 bits per heavy atom. The minimum Gasteiger partial charge on any atom is -0.489 e. The van der Waals surface area contributed by atoms with E-state index >= 15 is 0 Å². The van der Waals surface area contributed by atoms with E-state index in [1.54, 1.807) is 0 Å². The van der Waals surface area contributed by atoms with Crippen LogP contribution in [-0.2, 0) is 16.1 Å². The van der Waals surface area contributed by atoms with Crippen LogP contribution in [0.5, 0.6) is 5.75 Å². The number of unbranched alkanes of at least 4 members (excludes halogenated alkanes) is 2. The van der Waals surface area contributed by atoms with Crippen molar-refractivity contribution in [2.24, 2.45) is 0 Å². The maximum absolute atomic E-state index is 11.2. The van der Waals surface area contributed by atoms with Gasteiger partial charge in [-0.15, -0.1) is 0 Å². The zero-order chi connectivity index (χ0) is 17.7. The van der Waals surface area contributed by atoms with Crippen LogP contribution in [0, 0.1) is 0 Å². The molecule has 2 rings (SSSR count). The van der Waals surface area contributed by atoms with Gasteiger partial charge in [0, 0.05) is 6.42 Å². The van der Waals surface area contributed by atoms with Crippen molar-refractivity contribution in [3.05, 3.63) is 71.8 Å². The molecule has 2 aromatic rings. The molecule has 0 saturated carbocycles. The lowest BCUT2D eigenvalue weighted by molar-refractivity contribution is -0.143. The summed E-state index contributed by atoms with van der Waals surface area (Å²) in [6, 6.07) is 18.2. The van der Waals surface area contributed by atoms with Crippen molar-refractivity contribution >= 4 is 12.0 Å². The zero-order valence-corrected chi connectivity index (χ0v) is 14.8. The van der Waals surface area contributed by atoms with Crippen molar-refractivity contribution in [3.63, 3.8) is 0 Å². The van der Waals surface area contributed by atoms with E-state index in [0.717, 1.165) is 36.1 Å². The standard InChI is InChI=1S/C22H26O3/c1-2-24-22(23)13-9-4-3-6-10-19-14-16-21(17-15-19)25-18-20-11-7-5-8-12-20/h5-8,10-12,14-17H,2-4,9,13,18H2,1H3. The van der Waals surface area contributed by atoms with Crippen LogP contribution in [0.2, 0.25) is 0 Å². The van der Waals surface area contributed by atoms with Crippen LogP contribution in [-0.4, -0.2) is 12.6 Å². The lowest BCUT2D eigenvalue weighted by Crippen LogP contribution is -2.02. The summed E-state index contributed by atoms with van der Waals surface area (Å²) in [7, 11) is 0. The van der Waals surface area contributed by atoms with Crippen LogP contribution in [0.4, 0.5) is 0 Å². The highest BCUT2D eigenvalue weighted by atomic mass is 16.5. The van der Waals surface area contributed by atoms with Crippen molar-refractivity contribution in [1.29, 1.82) is 0 Å². The Morgan fingerprint density at radius 3 is 2.48 bits per heavy atom. The fourth-order valence-corrected chi connectivity index (χ4v) is 2.40. The first-order valence-corrected chi connectivity index (χ1v) is 8.87. The molecule has 3 heteroatoms. The Morgan fingerprint density at radius 2 is 1.76 bits per heavy atom. The summed E-state index contributed by atoms with van der Waals surface area (Å²) < 4.78 is 10.7. The molecule has 0 radical (unpaired) electrons. The molecule has 0 aromatic heterocycles. The number of hydrogen-bond acceptors (Lipinski definition) is 3. The van der Waals surface area contributed by atoms with Gasteiger partial charge in [-0.2, -0.15) is 0 Å². The summed E-state index contributed by atoms with van der Waals surface area (Å²) >= 11 is 0. The first-order valence-electron chi connectivity index (χ1n) is 8.87. The number of benzene rings is 2. The molecule has 0 amide bonds. The molecule has 0 spiro atoms. The molecular weight excluding hydrogens is 312 g/mol. The molecule has 0 saturated heterocycles. The molecule has 2 aromatic carbocycles. The van der Waals surface area contributed by atoms with E-state index in [1.165, 1.54) is 0 Å². The molecule has 0 atom stereocenters. The first kappa shape index (κ1) is 18.8. The lowest BCUT2D eigenvalue weighted by atomic mass is 10.1. The Kier molecular flexibility index (Phi) is 8.33. The summed E-state index contributed by atoms with van der Waals surface area (Å²) in [5, 5.41) is 0.